The van der Waals surface area contributed by atoms with Gasteiger partial charge in [-0.1, -0.05) is 12.1 Å². The second-order valence-corrected chi connectivity index (χ2v) is 4.80. The van der Waals surface area contributed by atoms with Crippen LogP contribution in [0.4, 0.5) is 5.82 Å². The molecule has 3 aromatic rings. The summed E-state index contributed by atoms with van der Waals surface area (Å²) in [5.74, 6) is -0.289. The van der Waals surface area contributed by atoms with E-state index in [0.29, 0.717) is 28.1 Å². The van der Waals surface area contributed by atoms with Crippen LogP contribution in [0.25, 0.3) is 22.6 Å². The van der Waals surface area contributed by atoms with E-state index in [0.717, 1.165) is 5.56 Å². The van der Waals surface area contributed by atoms with Gasteiger partial charge in [0.25, 0.3) is 0 Å². The van der Waals surface area contributed by atoms with Gasteiger partial charge in [0.2, 0.25) is 0 Å². The summed E-state index contributed by atoms with van der Waals surface area (Å²) in [5.41, 5.74) is 8.93. The van der Waals surface area contributed by atoms with E-state index in [4.69, 9.17) is 5.73 Å². The van der Waals surface area contributed by atoms with Gasteiger partial charge < -0.3 is 15.8 Å². The highest BCUT2D eigenvalue weighted by Crippen LogP contribution is 2.29. The van der Waals surface area contributed by atoms with Gasteiger partial charge in [0.1, 0.15) is 17.7 Å². The van der Waals surface area contributed by atoms with Gasteiger partial charge in [-0.25, -0.2) is 19.7 Å². The zero-order valence-electron chi connectivity index (χ0n) is 11.5. The number of rotatable bonds is 2. The molecule has 0 radical (unpaired) electrons. The molecule has 0 unspecified atom stereocenters. The van der Waals surface area contributed by atoms with Crippen LogP contribution in [0.5, 0.6) is 0 Å². The third-order valence-corrected chi connectivity index (χ3v) is 3.39. The van der Waals surface area contributed by atoms with E-state index < -0.39 is 5.97 Å². The zero-order chi connectivity index (χ0) is 15.1. The van der Waals surface area contributed by atoms with Crippen molar-refractivity contribution in [2.24, 2.45) is 0 Å². The average molecular weight is 283 g/mol. The summed E-state index contributed by atoms with van der Waals surface area (Å²) in [6.45, 7) is 3.59. The summed E-state index contributed by atoms with van der Waals surface area (Å²) in [7, 11) is 0. The number of nitrogens with zero attached hydrogens (tertiary/aromatic N) is 3. The molecule has 0 aliphatic heterocycles. The van der Waals surface area contributed by atoms with Crippen LogP contribution in [-0.4, -0.2) is 31.0 Å². The molecule has 106 valence electrons. The number of aromatic amines is 1. The number of carboxylic acid groups (broad SMARTS) is 1. The molecule has 4 N–H and O–H groups in total. The first-order valence-electron chi connectivity index (χ1n) is 6.29. The lowest BCUT2D eigenvalue weighted by Gasteiger charge is -2.10. The van der Waals surface area contributed by atoms with Crippen molar-refractivity contribution in [3.63, 3.8) is 0 Å². The Kier molecular flexibility index (Phi) is 2.83. The molecule has 2 aromatic heterocycles. The molecule has 21 heavy (non-hydrogen) atoms. The summed E-state index contributed by atoms with van der Waals surface area (Å²) in [6.07, 6.45) is 1.32. The number of benzene rings is 1. The molecule has 0 bridgehead atoms. The Morgan fingerprint density at radius 1 is 1.24 bits per heavy atom. The molecule has 3 rings (SSSR count). The minimum atomic E-state index is -0.995. The third-order valence-electron chi connectivity index (χ3n) is 3.39. The first kappa shape index (κ1) is 13.0. The molecular formula is C14H13N5O2. The Labute approximate surface area is 119 Å². The summed E-state index contributed by atoms with van der Waals surface area (Å²) in [5, 5.41) is 9.47. The number of imidazole rings is 1. The van der Waals surface area contributed by atoms with E-state index in [2.05, 4.69) is 19.9 Å². The molecule has 0 aliphatic carbocycles. The number of fused-ring (bicyclic) bond motifs is 1. The van der Waals surface area contributed by atoms with Crippen molar-refractivity contribution >= 4 is 23.0 Å². The highest BCUT2D eigenvalue weighted by molar-refractivity contribution is 5.98. The number of carboxylic acids is 1. The van der Waals surface area contributed by atoms with Crippen molar-refractivity contribution in [2.75, 3.05) is 5.73 Å². The number of anilines is 1. The van der Waals surface area contributed by atoms with E-state index in [1.165, 1.54) is 6.33 Å². The number of aromatic carboxylic acids is 1. The number of nitrogen functional groups attached to an aromatic ring is 1. The van der Waals surface area contributed by atoms with Gasteiger partial charge in [-0.2, -0.15) is 0 Å². The van der Waals surface area contributed by atoms with Crippen LogP contribution >= 0.6 is 0 Å². The first-order chi connectivity index (χ1) is 9.99. The SMILES string of the molecule is Cc1ccc(C)c(-c2nc3ncnc(N)c3[nH]2)c1C(=O)O. The van der Waals surface area contributed by atoms with Crippen LogP contribution in [0.2, 0.25) is 0 Å². The number of aromatic nitrogens is 4. The maximum Gasteiger partial charge on any atom is 0.336 e. The van der Waals surface area contributed by atoms with Crippen LogP contribution in [0.1, 0.15) is 21.5 Å². The van der Waals surface area contributed by atoms with Crippen molar-refractivity contribution in [2.45, 2.75) is 13.8 Å². The molecule has 0 saturated heterocycles. The Balaban J connectivity index is 2.35. The highest BCUT2D eigenvalue weighted by Gasteiger charge is 2.20. The fourth-order valence-electron chi connectivity index (χ4n) is 2.36. The number of H-pyrrole nitrogens is 1. The quantitative estimate of drug-likeness (QED) is 0.661. The highest BCUT2D eigenvalue weighted by atomic mass is 16.4. The normalized spacial score (nSPS) is 11.0. The van der Waals surface area contributed by atoms with Crippen molar-refractivity contribution in [3.8, 4) is 11.4 Å². The fraction of sp³-hybridized carbons (Fsp3) is 0.143. The van der Waals surface area contributed by atoms with Gasteiger partial charge in [0.15, 0.2) is 11.5 Å². The second-order valence-electron chi connectivity index (χ2n) is 4.80. The molecule has 0 saturated carbocycles. The van der Waals surface area contributed by atoms with Gasteiger partial charge in [-0.15, -0.1) is 0 Å². The minimum Gasteiger partial charge on any atom is -0.478 e. The lowest BCUT2D eigenvalue weighted by Crippen LogP contribution is -2.05. The number of carbonyl (C=O) groups is 1. The van der Waals surface area contributed by atoms with Gasteiger partial charge in [0.05, 0.1) is 5.56 Å². The van der Waals surface area contributed by atoms with Gasteiger partial charge in [0, 0.05) is 5.56 Å². The minimum absolute atomic E-state index is 0.223. The monoisotopic (exact) mass is 283 g/mol. The molecule has 0 aliphatic rings. The van der Waals surface area contributed by atoms with Gasteiger partial charge >= 0.3 is 5.97 Å². The number of nitrogens with two attached hydrogens (primary N) is 1. The molecule has 0 fully saturated rings. The maximum absolute atomic E-state index is 11.6. The summed E-state index contributed by atoms with van der Waals surface area (Å²) < 4.78 is 0. The molecule has 1 aromatic carbocycles. The Morgan fingerprint density at radius 2 is 1.95 bits per heavy atom. The lowest BCUT2D eigenvalue weighted by atomic mass is 9.97. The van der Waals surface area contributed by atoms with Gasteiger partial charge in [-0.05, 0) is 25.0 Å². The van der Waals surface area contributed by atoms with E-state index in [1.807, 2.05) is 13.0 Å². The van der Waals surface area contributed by atoms with Crippen LogP contribution in [-0.2, 0) is 0 Å². The van der Waals surface area contributed by atoms with Crippen LogP contribution in [0, 0.1) is 13.8 Å². The summed E-state index contributed by atoms with van der Waals surface area (Å²) >= 11 is 0. The molecule has 0 amide bonds. The summed E-state index contributed by atoms with van der Waals surface area (Å²) in [4.78, 5) is 26.8. The van der Waals surface area contributed by atoms with Crippen LogP contribution in [0.15, 0.2) is 18.5 Å². The number of aryl methyl sites for hydroxylation is 2. The second kappa shape index (κ2) is 4.55. The molecule has 0 atom stereocenters. The Hall–Kier alpha value is -2.96. The molecule has 0 spiro atoms. The van der Waals surface area contributed by atoms with Crippen LogP contribution < -0.4 is 5.73 Å². The predicted molar refractivity (Wildman–Crippen MR) is 78.0 cm³/mol. The first-order valence-corrected chi connectivity index (χ1v) is 6.29. The average Bonchev–Trinajstić information content (AvgIpc) is 2.85. The molecule has 7 nitrogen and oxygen atoms in total. The number of hydrogen-bond acceptors (Lipinski definition) is 5. The maximum atomic E-state index is 11.6. The van der Waals surface area contributed by atoms with Crippen molar-refractivity contribution < 1.29 is 9.90 Å². The van der Waals surface area contributed by atoms with Crippen molar-refractivity contribution in [1.82, 2.24) is 19.9 Å². The smallest absolute Gasteiger partial charge is 0.336 e. The van der Waals surface area contributed by atoms with E-state index >= 15 is 0 Å². The topological polar surface area (TPSA) is 118 Å². The predicted octanol–water partition coefficient (Wildman–Crippen LogP) is 1.92. The standard InChI is InChI=1S/C14H13N5O2/c1-6-3-4-7(2)9(14(20)21)8(6)12-18-10-11(15)16-5-17-13(10)19-12/h3-5H,1-2H3,(H,20,21)(H3,15,16,17,18,19). The number of hydrogen-bond donors (Lipinski definition) is 3. The van der Waals surface area contributed by atoms with E-state index in [-0.39, 0.29) is 11.4 Å². The zero-order valence-corrected chi connectivity index (χ0v) is 11.5. The number of nitrogens with one attached hydrogen (secondary N) is 1. The summed E-state index contributed by atoms with van der Waals surface area (Å²) in [6, 6.07) is 3.64. The van der Waals surface area contributed by atoms with Gasteiger partial charge in [-0.3, -0.25) is 0 Å². The van der Waals surface area contributed by atoms with Crippen LogP contribution in [0.3, 0.4) is 0 Å². The Morgan fingerprint density at radius 3 is 2.62 bits per heavy atom. The molecule has 7 heteroatoms. The molecular weight excluding hydrogens is 270 g/mol. The molecule has 2 heterocycles. The van der Waals surface area contributed by atoms with E-state index in [1.54, 1.807) is 13.0 Å². The van der Waals surface area contributed by atoms with E-state index in [9.17, 15) is 9.90 Å². The lowest BCUT2D eigenvalue weighted by molar-refractivity contribution is 0.0697. The Bertz CT molecular complexity index is 869. The third kappa shape index (κ3) is 1.99. The fourth-order valence-corrected chi connectivity index (χ4v) is 2.36. The van der Waals surface area contributed by atoms with Crippen molar-refractivity contribution in [1.29, 1.82) is 0 Å². The largest absolute Gasteiger partial charge is 0.478 e. The van der Waals surface area contributed by atoms with Crippen molar-refractivity contribution in [3.05, 3.63) is 35.2 Å².